The van der Waals surface area contributed by atoms with Crippen molar-refractivity contribution in [1.29, 1.82) is 5.26 Å². The minimum Gasteiger partial charge on any atom is -0.240 e. The van der Waals surface area contributed by atoms with Crippen molar-refractivity contribution in [2.24, 2.45) is 0 Å². The Morgan fingerprint density at radius 1 is 1.50 bits per heavy atom. The van der Waals surface area contributed by atoms with Gasteiger partial charge >= 0.3 is 0 Å². The van der Waals surface area contributed by atoms with Crippen LogP contribution in [0.2, 0.25) is 5.02 Å². The van der Waals surface area contributed by atoms with Crippen LogP contribution in [-0.4, -0.2) is 4.98 Å². The zero-order valence-corrected chi connectivity index (χ0v) is 9.90. The van der Waals surface area contributed by atoms with Gasteiger partial charge in [0.25, 0.3) is 0 Å². The van der Waals surface area contributed by atoms with Crippen molar-refractivity contribution < 1.29 is 0 Å². The highest BCUT2D eigenvalue weighted by molar-refractivity contribution is 7.12. The van der Waals surface area contributed by atoms with Crippen molar-refractivity contribution in [3.8, 4) is 17.3 Å². The lowest BCUT2D eigenvalue weighted by Gasteiger charge is -1.98. The van der Waals surface area contributed by atoms with E-state index in [1.807, 2.05) is 18.2 Å². The quantitative estimate of drug-likeness (QED) is 0.660. The summed E-state index contributed by atoms with van der Waals surface area (Å²) in [6, 6.07) is 8.03. The van der Waals surface area contributed by atoms with Gasteiger partial charge in [0.05, 0.1) is 18.2 Å². The molecule has 16 heavy (non-hydrogen) atoms. The van der Waals surface area contributed by atoms with Crippen LogP contribution in [0.1, 0.15) is 15.4 Å². The van der Waals surface area contributed by atoms with E-state index in [0.29, 0.717) is 6.42 Å². The Bertz CT molecular complexity index is 610. The van der Waals surface area contributed by atoms with E-state index >= 15 is 0 Å². The lowest BCUT2D eigenvalue weighted by atomic mass is 10.1. The maximum Gasteiger partial charge on any atom is 0.108 e. The van der Waals surface area contributed by atoms with E-state index in [9.17, 15) is 0 Å². The van der Waals surface area contributed by atoms with E-state index in [4.69, 9.17) is 16.9 Å². The first-order valence-corrected chi connectivity index (χ1v) is 6.11. The highest BCUT2D eigenvalue weighted by Crippen LogP contribution is 2.40. The Morgan fingerprint density at radius 2 is 2.38 bits per heavy atom. The highest BCUT2D eigenvalue weighted by Gasteiger charge is 2.23. The average Bonchev–Trinajstić information content (AvgIpc) is 2.74. The third kappa shape index (κ3) is 1.42. The van der Waals surface area contributed by atoms with Crippen molar-refractivity contribution in [3.05, 3.63) is 38.7 Å². The zero-order valence-electron chi connectivity index (χ0n) is 8.33. The number of halogens is 1. The number of nitriles is 1. The molecule has 2 aromatic rings. The SMILES string of the molecule is N#CCc1nc2c(s1)Cc1cc(Cl)ccc1-2. The molecule has 0 aliphatic heterocycles. The summed E-state index contributed by atoms with van der Waals surface area (Å²) in [7, 11) is 0. The van der Waals surface area contributed by atoms with E-state index in [1.54, 1.807) is 11.3 Å². The summed E-state index contributed by atoms with van der Waals surface area (Å²) in [6.07, 6.45) is 1.30. The van der Waals surface area contributed by atoms with Gasteiger partial charge in [-0.05, 0) is 17.7 Å². The zero-order chi connectivity index (χ0) is 11.1. The molecule has 1 aliphatic rings. The molecule has 1 aliphatic carbocycles. The molecule has 4 heteroatoms. The monoisotopic (exact) mass is 246 g/mol. The molecule has 0 fully saturated rings. The van der Waals surface area contributed by atoms with Gasteiger partial charge < -0.3 is 0 Å². The molecule has 78 valence electrons. The Kier molecular flexibility index (Phi) is 2.20. The van der Waals surface area contributed by atoms with Crippen LogP contribution in [0.15, 0.2) is 18.2 Å². The van der Waals surface area contributed by atoms with E-state index in [-0.39, 0.29) is 0 Å². The molecule has 2 nitrogen and oxygen atoms in total. The smallest absolute Gasteiger partial charge is 0.108 e. The maximum atomic E-state index is 8.64. The second-order valence-electron chi connectivity index (χ2n) is 3.69. The van der Waals surface area contributed by atoms with E-state index in [2.05, 4.69) is 11.1 Å². The summed E-state index contributed by atoms with van der Waals surface area (Å²) in [5, 5.41) is 10.3. The molecule has 1 heterocycles. The average molecular weight is 247 g/mol. The van der Waals surface area contributed by atoms with E-state index < -0.39 is 0 Å². The fourth-order valence-electron chi connectivity index (χ4n) is 1.99. The van der Waals surface area contributed by atoms with Crippen molar-refractivity contribution in [2.75, 3.05) is 0 Å². The fraction of sp³-hybridized carbons (Fsp3) is 0.167. The molecule has 0 saturated carbocycles. The van der Waals surface area contributed by atoms with Crippen molar-refractivity contribution in [3.63, 3.8) is 0 Å². The van der Waals surface area contributed by atoms with Gasteiger partial charge in [-0.25, -0.2) is 4.98 Å². The summed E-state index contributed by atoms with van der Waals surface area (Å²) >= 11 is 7.59. The standard InChI is InChI=1S/C12H7ClN2S/c13-8-1-2-9-7(5-8)6-10-12(9)15-11(16-10)3-4-14/h1-2,5H,3,6H2. The third-order valence-electron chi connectivity index (χ3n) is 2.65. The molecule has 0 saturated heterocycles. The number of rotatable bonds is 1. The number of benzene rings is 1. The third-order valence-corrected chi connectivity index (χ3v) is 3.94. The lowest BCUT2D eigenvalue weighted by Crippen LogP contribution is -1.83. The molecule has 0 unspecified atom stereocenters. The first-order valence-electron chi connectivity index (χ1n) is 4.92. The Labute approximate surface area is 102 Å². The van der Waals surface area contributed by atoms with Crippen LogP contribution in [0.3, 0.4) is 0 Å². The van der Waals surface area contributed by atoms with Crippen LogP contribution in [0.25, 0.3) is 11.3 Å². The molecular weight excluding hydrogens is 240 g/mol. The Hall–Kier alpha value is -1.37. The van der Waals surface area contributed by atoms with E-state index in [0.717, 1.165) is 22.1 Å². The Morgan fingerprint density at radius 3 is 3.19 bits per heavy atom. The summed E-state index contributed by atoms with van der Waals surface area (Å²) in [5.41, 5.74) is 3.45. The van der Waals surface area contributed by atoms with Crippen LogP contribution in [0, 0.1) is 11.3 Å². The van der Waals surface area contributed by atoms with Crippen molar-refractivity contribution in [2.45, 2.75) is 12.8 Å². The molecule has 0 radical (unpaired) electrons. The Balaban J connectivity index is 2.10. The highest BCUT2D eigenvalue weighted by atomic mass is 35.5. The molecule has 1 aromatic heterocycles. The van der Waals surface area contributed by atoms with Crippen LogP contribution in [-0.2, 0) is 12.8 Å². The normalized spacial score (nSPS) is 12.0. The molecule has 1 aromatic carbocycles. The maximum absolute atomic E-state index is 8.64. The van der Waals surface area contributed by atoms with Gasteiger partial charge in [0.2, 0.25) is 0 Å². The number of hydrogen-bond donors (Lipinski definition) is 0. The minimum atomic E-state index is 0.403. The van der Waals surface area contributed by atoms with Crippen molar-refractivity contribution >= 4 is 22.9 Å². The number of aromatic nitrogens is 1. The summed E-state index contributed by atoms with van der Waals surface area (Å²) in [4.78, 5) is 5.76. The van der Waals surface area contributed by atoms with Gasteiger partial charge in [-0.3, -0.25) is 0 Å². The summed E-state index contributed by atoms with van der Waals surface area (Å²) < 4.78 is 0. The number of nitrogens with zero attached hydrogens (tertiary/aromatic N) is 2. The van der Waals surface area contributed by atoms with Gasteiger partial charge in [0, 0.05) is 21.9 Å². The van der Waals surface area contributed by atoms with Crippen LogP contribution in [0.5, 0.6) is 0 Å². The second-order valence-corrected chi connectivity index (χ2v) is 5.30. The van der Waals surface area contributed by atoms with Gasteiger partial charge in [-0.2, -0.15) is 5.26 Å². The fourth-order valence-corrected chi connectivity index (χ4v) is 3.22. The van der Waals surface area contributed by atoms with Gasteiger partial charge in [-0.15, -0.1) is 11.3 Å². The second kappa shape index (κ2) is 3.58. The molecule has 3 rings (SSSR count). The molecule has 0 amide bonds. The minimum absolute atomic E-state index is 0.403. The number of fused-ring (bicyclic) bond motifs is 3. The molecule has 0 atom stereocenters. The van der Waals surface area contributed by atoms with Crippen LogP contribution in [0.4, 0.5) is 0 Å². The van der Waals surface area contributed by atoms with Crippen LogP contribution < -0.4 is 0 Å². The summed E-state index contributed by atoms with van der Waals surface area (Å²) in [6.45, 7) is 0. The molecule has 0 bridgehead atoms. The first kappa shape index (κ1) is 9.83. The topological polar surface area (TPSA) is 36.7 Å². The molecule has 0 spiro atoms. The summed E-state index contributed by atoms with van der Waals surface area (Å²) in [5.74, 6) is 0. The van der Waals surface area contributed by atoms with Crippen molar-refractivity contribution in [1.82, 2.24) is 4.98 Å². The van der Waals surface area contributed by atoms with E-state index in [1.165, 1.54) is 16.0 Å². The molecular formula is C12H7ClN2S. The van der Waals surface area contributed by atoms with Gasteiger partial charge in [-0.1, -0.05) is 17.7 Å². The van der Waals surface area contributed by atoms with Gasteiger partial charge in [0.1, 0.15) is 5.01 Å². The number of thiazole rings is 1. The number of hydrogen-bond acceptors (Lipinski definition) is 3. The largest absolute Gasteiger partial charge is 0.240 e. The predicted octanol–water partition coefficient (Wildman–Crippen LogP) is 3.43. The van der Waals surface area contributed by atoms with Gasteiger partial charge in [0.15, 0.2) is 0 Å². The van der Waals surface area contributed by atoms with Crippen LogP contribution >= 0.6 is 22.9 Å². The molecule has 0 N–H and O–H groups in total. The lowest BCUT2D eigenvalue weighted by molar-refractivity contribution is 1.19. The predicted molar refractivity (Wildman–Crippen MR) is 64.7 cm³/mol. The first-order chi connectivity index (χ1) is 7.78.